The number of likely N-dealkylation sites (tertiary alicyclic amines) is 2. The van der Waals surface area contributed by atoms with E-state index in [4.69, 9.17) is 9.53 Å². The van der Waals surface area contributed by atoms with E-state index in [1.807, 2.05) is 19.2 Å². The molecule has 0 atom stereocenters. The summed E-state index contributed by atoms with van der Waals surface area (Å²) in [6, 6.07) is 11.0. The fourth-order valence-electron chi connectivity index (χ4n) is 5.55. The molecule has 1 aromatic heterocycles. The first kappa shape index (κ1) is 22.0. The normalized spacial score (nSPS) is 21.9. The number of hydrogen-bond donors (Lipinski definition) is 0. The molecule has 5 heteroatoms. The summed E-state index contributed by atoms with van der Waals surface area (Å²) in [4.78, 5) is 17.4. The van der Waals surface area contributed by atoms with Gasteiger partial charge in [-0.1, -0.05) is 18.2 Å². The van der Waals surface area contributed by atoms with Gasteiger partial charge in [0.2, 0.25) is 0 Å². The zero-order valence-electron chi connectivity index (χ0n) is 19.0. The number of piperidine rings is 1. The molecule has 0 bridgehead atoms. The van der Waals surface area contributed by atoms with Gasteiger partial charge >= 0.3 is 0 Å². The average Bonchev–Trinajstić information content (AvgIpc) is 3.32. The Morgan fingerprint density at radius 1 is 0.968 bits per heavy atom. The summed E-state index contributed by atoms with van der Waals surface area (Å²) >= 11 is 0. The molecule has 3 aliphatic heterocycles. The molecule has 2 fully saturated rings. The number of hydrogen-bond acceptors (Lipinski definition) is 5. The number of aromatic nitrogens is 1. The first-order valence-electron chi connectivity index (χ1n) is 11.4. The van der Waals surface area contributed by atoms with Crippen LogP contribution in [0.1, 0.15) is 49.8 Å². The van der Waals surface area contributed by atoms with Crippen LogP contribution in [-0.2, 0) is 24.3 Å². The van der Waals surface area contributed by atoms with Gasteiger partial charge in [0, 0.05) is 44.0 Å². The molecule has 0 unspecified atom stereocenters. The van der Waals surface area contributed by atoms with Crippen molar-refractivity contribution in [2.75, 3.05) is 26.2 Å². The Bertz CT molecular complexity index is 875. The second-order valence-electron chi connectivity index (χ2n) is 10.0. The summed E-state index contributed by atoms with van der Waals surface area (Å²) in [5.41, 5.74) is 4.59. The SMILES string of the molecule is C=O.CC1(C)Cc2cccc(CN3CCC4(CCN(Cc5ccncc5)CC4)C3)c2O1. The number of rotatable bonds is 4. The second kappa shape index (κ2) is 9.09. The Labute approximate surface area is 186 Å². The minimum atomic E-state index is -0.0632. The highest BCUT2D eigenvalue weighted by molar-refractivity contribution is 5.45. The standard InChI is InChI=1S/C25H33N3O.CH2O/c1-24(2)16-21-4-3-5-22(23(21)29-24)18-28-15-10-25(19-28)8-13-27(14-9-25)17-20-6-11-26-12-7-20;1-2/h3-7,11-12H,8-10,13-19H2,1-2H3;1H2. The fourth-order valence-corrected chi connectivity index (χ4v) is 5.55. The molecule has 0 amide bonds. The van der Waals surface area contributed by atoms with Crippen LogP contribution in [0.4, 0.5) is 0 Å². The molecule has 0 N–H and O–H groups in total. The lowest BCUT2D eigenvalue weighted by Crippen LogP contribution is -2.41. The summed E-state index contributed by atoms with van der Waals surface area (Å²) in [7, 11) is 0. The van der Waals surface area contributed by atoms with Crippen LogP contribution in [0.5, 0.6) is 5.75 Å². The third-order valence-electron chi connectivity index (χ3n) is 7.16. The summed E-state index contributed by atoms with van der Waals surface area (Å²) in [5, 5.41) is 0. The number of carbonyl (C=O) groups excluding carboxylic acids is 1. The van der Waals surface area contributed by atoms with Crippen molar-refractivity contribution in [2.45, 2.75) is 58.2 Å². The van der Waals surface area contributed by atoms with Crippen LogP contribution < -0.4 is 4.74 Å². The van der Waals surface area contributed by atoms with Crippen LogP contribution in [0.15, 0.2) is 42.7 Å². The smallest absolute Gasteiger partial charge is 0.127 e. The van der Waals surface area contributed by atoms with E-state index in [1.54, 1.807) is 0 Å². The van der Waals surface area contributed by atoms with E-state index in [1.165, 1.54) is 62.1 Å². The van der Waals surface area contributed by atoms with Gasteiger partial charge in [-0.05, 0) is 81.4 Å². The summed E-state index contributed by atoms with van der Waals surface area (Å²) in [6.45, 7) is 13.4. The number of para-hydroxylation sites is 1. The lowest BCUT2D eigenvalue weighted by Gasteiger charge is -2.39. The molecule has 166 valence electrons. The molecule has 3 aliphatic rings. The van der Waals surface area contributed by atoms with Crippen LogP contribution in [-0.4, -0.2) is 53.4 Å². The Hall–Kier alpha value is -2.24. The van der Waals surface area contributed by atoms with Gasteiger partial charge in [-0.3, -0.25) is 14.8 Å². The van der Waals surface area contributed by atoms with E-state index in [2.05, 4.69) is 59.0 Å². The van der Waals surface area contributed by atoms with Gasteiger partial charge in [-0.2, -0.15) is 0 Å². The third-order valence-corrected chi connectivity index (χ3v) is 7.16. The lowest BCUT2D eigenvalue weighted by molar-refractivity contribution is -0.0979. The number of fused-ring (bicyclic) bond motifs is 1. The Balaban J connectivity index is 0.00000112. The highest BCUT2D eigenvalue weighted by Gasteiger charge is 2.41. The van der Waals surface area contributed by atoms with Crippen LogP contribution in [0, 0.1) is 5.41 Å². The predicted molar refractivity (Wildman–Crippen MR) is 123 cm³/mol. The zero-order valence-corrected chi connectivity index (χ0v) is 19.0. The third kappa shape index (κ3) is 4.99. The molecule has 1 aromatic carbocycles. The van der Waals surface area contributed by atoms with Crippen molar-refractivity contribution in [1.82, 2.24) is 14.8 Å². The van der Waals surface area contributed by atoms with E-state index in [-0.39, 0.29) is 5.60 Å². The first-order chi connectivity index (χ1) is 15.0. The lowest BCUT2D eigenvalue weighted by atomic mass is 9.77. The van der Waals surface area contributed by atoms with E-state index < -0.39 is 0 Å². The maximum atomic E-state index is 8.00. The number of ether oxygens (including phenoxy) is 1. The fraction of sp³-hybridized carbons (Fsp3) is 0.538. The van der Waals surface area contributed by atoms with Crippen molar-refractivity contribution in [1.29, 1.82) is 0 Å². The van der Waals surface area contributed by atoms with Gasteiger partial charge in [-0.15, -0.1) is 0 Å². The van der Waals surface area contributed by atoms with Crippen LogP contribution >= 0.6 is 0 Å². The Kier molecular flexibility index (Phi) is 6.44. The minimum Gasteiger partial charge on any atom is -0.487 e. The second-order valence-corrected chi connectivity index (χ2v) is 10.0. The predicted octanol–water partition coefficient (Wildman–Crippen LogP) is 4.10. The van der Waals surface area contributed by atoms with Crippen LogP contribution in [0.3, 0.4) is 0 Å². The molecular weight excluding hydrogens is 386 g/mol. The molecule has 1 spiro atoms. The Morgan fingerprint density at radius 3 is 2.35 bits per heavy atom. The van der Waals surface area contributed by atoms with Crippen molar-refractivity contribution < 1.29 is 9.53 Å². The Morgan fingerprint density at radius 2 is 1.65 bits per heavy atom. The molecule has 0 saturated carbocycles. The van der Waals surface area contributed by atoms with Gasteiger partial charge in [0.15, 0.2) is 0 Å². The molecular formula is C26H35N3O2. The van der Waals surface area contributed by atoms with E-state index >= 15 is 0 Å². The van der Waals surface area contributed by atoms with Gasteiger partial charge < -0.3 is 9.53 Å². The maximum absolute atomic E-state index is 8.00. The first-order valence-corrected chi connectivity index (χ1v) is 11.4. The molecule has 5 rings (SSSR count). The van der Waals surface area contributed by atoms with Crippen molar-refractivity contribution >= 4 is 6.79 Å². The summed E-state index contributed by atoms with van der Waals surface area (Å²) in [5.74, 6) is 1.16. The quantitative estimate of drug-likeness (QED) is 0.744. The van der Waals surface area contributed by atoms with Crippen LogP contribution in [0.2, 0.25) is 0 Å². The van der Waals surface area contributed by atoms with Crippen molar-refractivity contribution in [2.24, 2.45) is 5.41 Å². The van der Waals surface area contributed by atoms with Gasteiger partial charge in [0.05, 0.1) is 0 Å². The van der Waals surface area contributed by atoms with Gasteiger partial charge in [0.25, 0.3) is 0 Å². The summed E-state index contributed by atoms with van der Waals surface area (Å²) < 4.78 is 6.31. The largest absolute Gasteiger partial charge is 0.487 e. The van der Waals surface area contributed by atoms with E-state index in [0.717, 1.165) is 25.3 Å². The summed E-state index contributed by atoms with van der Waals surface area (Å²) in [6.07, 6.45) is 8.82. The minimum absolute atomic E-state index is 0.0632. The molecule has 0 radical (unpaired) electrons. The molecule has 4 heterocycles. The van der Waals surface area contributed by atoms with Gasteiger partial charge in [-0.25, -0.2) is 0 Å². The topological polar surface area (TPSA) is 45.7 Å². The molecule has 5 nitrogen and oxygen atoms in total. The van der Waals surface area contributed by atoms with E-state index in [9.17, 15) is 0 Å². The monoisotopic (exact) mass is 421 g/mol. The van der Waals surface area contributed by atoms with Gasteiger partial charge in [0.1, 0.15) is 18.1 Å². The van der Waals surface area contributed by atoms with E-state index in [0.29, 0.717) is 5.41 Å². The maximum Gasteiger partial charge on any atom is 0.127 e. The van der Waals surface area contributed by atoms with Crippen molar-refractivity contribution in [3.8, 4) is 5.75 Å². The van der Waals surface area contributed by atoms with Crippen molar-refractivity contribution in [3.05, 3.63) is 59.4 Å². The highest BCUT2D eigenvalue weighted by Crippen LogP contribution is 2.43. The molecule has 2 saturated heterocycles. The number of pyridine rings is 1. The molecule has 31 heavy (non-hydrogen) atoms. The zero-order chi connectivity index (χ0) is 21.9. The molecule has 0 aliphatic carbocycles. The number of nitrogens with zero attached hydrogens (tertiary/aromatic N) is 3. The average molecular weight is 422 g/mol. The van der Waals surface area contributed by atoms with Crippen molar-refractivity contribution in [3.63, 3.8) is 0 Å². The molecule has 2 aromatic rings. The van der Waals surface area contributed by atoms with Crippen LogP contribution in [0.25, 0.3) is 0 Å². The number of benzene rings is 1. The highest BCUT2D eigenvalue weighted by atomic mass is 16.5. The number of carbonyl (C=O) groups is 1.